The molecule has 0 amide bonds. The zero-order valence-electron chi connectivity index (χ0n) is 15.5. The van der Waals surface area contributed by atoms with E-state index in [1.54, 1.807) is 13.2 Å². The lowest BCUT2D eigenvalue weighted by atomic mass is 9.98. The molecule has 0 atom stereocenters. The van der Waals surface area contributed by atoms with Crippen LogP contribution in [0, 0.1) is 6.92 Å². The van der Waals surface area contributed by atoms with Gasteiger partial charge in [0.15, 0.2) is 5.76 Å². The summed E-state index contributed by atoms with van der Waals surface area (Å²) in [4.78, 5) is 15.3. The number of hydrogen-bond donors (Lipinski definition) is 0. The van der Waals surface area contributed by atoms with Gasteiger partial charge in [-0.1, -0.05) is 12.1 Å². The molecule has 5 rings (SSSR count). The van der Waals surface area contributed by atoms with Gasteiger partial charge in [0.1, 0.15) is 24.0 Å². The van der Waals surface area contributed by atoms with Gasteiger partial charge in [-0.05, 0) is 55.2 Å². The molecule has 0 spiro atoms. The van der Waals surface area contributed by atoms with E-state index in [-0.39, 0.29) is 5.78 Å². The van der Waals surface area contributed by atoms with Crippen molar-refractivity contribution in [2.24, 2.45) is 0 Å². The van der Waals surface area contributed by atoms with Gasteiger partial charge in [-0.25, -0.2) is 0 Å². The van der Waals surface area contributed by atoms with Crippen LogP contribution in [0.1, 0.15) is 39.9 Å². The Kier molecular flexibility index (Phi) is 3.72. The first-order valence-electron chi connectivity index (χ1n) is 9.25. The summed E-state index contributed by atoms with van der Waals surface area (Å²) in [6.07, 6.45) is 4.21. The van der Waals surface area contributed by atoms with Gasteiger partial charge >= 0.3 is 0 Å². The normalized spacial score (nSPS) is 20.1. The molecule has 2 aromatic rings. The topological polar surface area (TPSA) is 48.0 Å². The highest BCUT2D eigenvalue weighted by molar-refractivity contribution is 6.15. The Labute approximate surface area is 158 Å². The molecule has 2 aliphatic heterocycles. The minimum atomic E-state index is -0.0725. The molecule has 0 saturated heterocycles. The van der Waals surface area contributed by atoms with E-state index in [0.717, 1.165) is 34.7 Å². The van der Waals surface area contributed by atoms with E-state index in [1.807, 2.05) is 37.3 Å². The number of aryl methyl sites for hydroxylation is 1. The van der Waals surface area contributed by atoms with Crippen molar-refractivity contribution in [3.05, 3.63) is 58.3 Å². The van der Waals surface area contributed by atoms with Crippen molar-refractivity contribution in [3.63, 3.8) is 0 Å². The molecule has 3 aliphatic rings. The fourth-order valence-electron chi connectivity index (χ4n) is 3.80. The van der Waals surface area contributed by atoms with Crippen LogP contribution in [-0.4, -0.2) is 30.6 Å². The third-order valence-electron chi connectivity index (χ3n) is 5.41. The molecule has 138 valence electrons. The van der Waals surface area contributed by atoms with Crippen LogP contribution in [0.3, 0.4) is 0 Å². The smallest absolute Gasteiger partial charge is 0.232 e. The van der Waals surface area contributed by atoms with Crippen LogP contribution in [0.4, 0.5) is 0 Å². The van der Waals surface area contributed by atoms with E-state index in [0.29, 0.717) is 29.8 Å². The molecule has 0 aromatic heterocycles. The number of carbonyl (C=O) groups is 1. The second-order valence-electron chi connectivity index (χ2n) is 7.34. The maximum Gasteiger partial charge on any atom is 0.232 e. The number of allylic oxidation sites excluding steroid dienone is 1. The van der Waals surface area contributed by atoms with E-state index >= 15 is 0 Å². The van der Waals surface area contributed by atoms with Crippen LogP contribution in [0.5, 0.6) is 17.2 Å². The number of ketones is 1. The highest BCUT2D eigenvalue weighted by atomic mass is 16.5. The van der Waals surface area contributed by atoms with Crippen LogP contribution >= 0.6 is 0 Å². The van der Waals surface area contributed by atoms with Crippen LogP contribution < -0.4 is 14.2 Å². The first-order valence-corrected chi connectivity index (χ1v) is 9.25. The molecule has 0 unspecified atom stereocenters. The molecule has 0 radical (unpaired) electrons. The Hall–Kier alpha value is -2.79. The second-order valence-corrected chi connectivity index (χ2v) is 7.34. The maximum atomic E-state index is 13.0. The molecular weight excluding hydrogens is 342 g/mol. The third-order valence-corrected chi connectivity index (χ3v) is 5.41. The summed E-state index contributed by atoms with van der Waals surface area (Å²) in [6, 6.07) is 10.1. The van der Waals surface area contributed by atoms with Crippen molar-refractivity contribution in [2.75, 3.05) is 13.8 Å². The lowest BCUT2D eigenvalue weighted by Gasteiger charge is -2.30. The Bertz CT molecular complexity index is 975. The second kappa shape index (κ2) is 6.13. The number of rotatable bonds is 3. The lowest BCUT2D eigenvalue weighted by Crippen LogP contribution is -2.34. The molecule has 2 heterocycles. The summed E-state index contributed by atoms with van der Waals surface area (Å²) < 4.78 is 17.3. The molecule has 5 heteroatoms. The highest BCUT2D eigenvalue weighted by Gasteiger charge is 2.38. The van der Waals surface area contributed by atoms with Crippen molar-refractivity contribution in [1.29, 1.82) is 0 Å². The van der Waals surface area contributed by atoms with Gasteiger partial charge in [0.2, 0.25) is 5.78 Å². The molecule has 1 fully saturated rings. The fraction of sp³-hybridized carbons (Fsp3) is 0.318. The van der Waals surface area contributed by atoms with Crippen molar-refractivity contribution in [3.8, 4) is 17.2 Å². The standard InChI is InChI=1S/C22H21NO4/c1-13-8-18-17(11-23(12-26-18)15-6-7-15)22-20(13)21(24)19(27-22)10-14-4-3-5-16(9-14)25-2/h3-5,8-10,15H,6-7,11-12H2,1-2H3/b19-10-. The molecule has 0 bridgehead atoms. The zero-order chi connectivity index (χ0) is 18.5. The summed E-state index contributed by atoms with van der Waals surface area (Å²) in [5.74, 6) is 2.51. The van der Waals surface area contributed by atoms with E-state index in [2.05, 4.69) is 4.90 Å². The van der Waals surface area contributed by atoms with Crippen LogP contribution in [-0.2, 0) is 6.54 Å². The maximum absolute atomic E-state index is 13.0. The fourth-order valence-corrected chi connectivity index (χ4v) is 3.80. The summed E-state index contributed by atoms with van der Waals surface area (Å²) in [5.41, 5.74) is 3.40. The molecule has 5 nitrogen and oxygen atoms in total. The number of Topliss-reactive ketones (excluding diaryl/α,β-unsaturated/α-hetero) is 1. The number of carbonyl (C=O) groups excluding carboxylic acids is 1. The summed E-state index contributed by atoms with van der Waals surface area (Å²) in [7, 11) is 1.63. The molecule has 2 aromatic carbocycles. The average molecular weight is 363 g/mol. The first-order chi connectivity index (χ1) is 13.1. The van der Waals surface area contributed by atoms with Crippen LogP contribution in [0.2, 0.25) is 0 Å². The monoisotopic (exact) mass is 363 g/mol. The highest BCUT2D eigenvalue weighted by Crippen LogP contribution is 2.45. The number of fused-ring (bicyclic) bond motifs is 3. The number of benzene rings is 2. The predicted molar refractivity (Wildman–Crippen MR) is 101 cm³/mol. The Morgan fingerprint density at radius 2 is 2.11 bits per heavy atom. The summed E-state index contributed by atoms with van der Waals surface area (Å²) in [6.45, 7) is 3.31. The third kappa shape index (κ3) is 2.79. The van der Waals surface area contributed by atoms with Gasteiger partial charge in [0.05, 0.1) is 18.2 Å². The van der Waals surface area contributed by atoms with E-state index in [1.165, 1.54) is 12.8 Å². The molecule has 1 aliphatic carbocycles. The largest absolute Gasteiger partial charge is 0.497 e. The Morgan fingerprint density at radius 3 is 2.89 bits per heavy atom. The lowest BCUT2D eigenvalue weighted by molar-refractivity contribution is 0.0867. The van der Waals surface area contributed by atoms with Crippen molar-refractivity contribution in [2.45, 2.75) is 32.4 Å². The minimum absolute atomic E-state index is 0.0725. The molecule has 27 heavy (non-hydrogen) atoms. The molecule has 1 saturated carbocycles. The average Bonchev–Trinajstić information content (AvgIpc) is 3.47. The van der Waals surface area contributed by atoms with Gasteiger partial charge in [0.25, 0.3) is 0 Å². The molecule has 0 N–H and O–H groups in total. The zero-order valence-corrected chi connectivity index (χ0v) is 15.5. The predicted octanol–water partition coefficient (Wildman–Crippen LogP) is 3.93. The SMILES string of the molecule is COc1cccc(/C=C2\Oc3c4c(cc(C)c3C2=O)OCN(C2CC2)C4)c1. The summed E-state index contributed by atoms with van der Waals surface area (Å²) in [5, 5.41) is 0. The Morgan fingerprint density at radius 1 is 1.26 bits per heavy atom. The first kappa shape index (κ1) is 16.4. The van der Waals surface area contributed by atoms with Crippen molar-refractivity contribution in [1.82, 2.24) is 4.90 Å². The van der Waals surface area contributed by atoms with Crippen LogP contribution in [0.25, 0.3) is 6.08 Å². The van der Waals surface area contributed by atoms with E-state index in [9.17, 15) is 4.79 Å². The Balaban J connectivity index is 1.53. The number of ether oxygens (including phenoxy) is 3. The number of hydrogen-bond acceptors (Lipinski definition) is 5. The van der Waals surface area contributed by atoms with Gasteiger partial charge in [0, 0.05) is 12.6 Å². The van der Waals surface area contributed by atoms with Gasteiger partial charge in [-0.3, -0.25) is 9.69 Å². The van der Waals surface area contributed by atoms with E-state index < -0.39 is 0 Å². The van der Waals surface area contributed by atoms with Gasteiger partial charge in [-0.15, -0.1) is 0 Å². The summed E-state index contributed by atoms with van der Waals surface area (Å²) >= 11 is 0. The van der Waals surface area contributed by atoms with E-state index in [4.69, 9.17) is 14.2 Å². The quantitative estimate of drug-likeness (QED) is 0.773. The number of methoxy groups -OCH3 is 1. The van der Waals surface area contributed by atoms with Gasteiger partial charge < -0.3 is 14.2 Å². The molecular formula is C22H21NO4. The van der Waals surface area contributed by atoms with Crippen LogP contribution in [0.15, 0.2) is 36.1 Å². The van der Waals surface area contributed by atoms with Crippen molar-refractivity contribution < 1.29 is 19.0 Å². The minimum Gasteiger partial charge on any atom is -0.497 e. The van der Waals surface area contributed by atoms with Crippen molar-refractivity contribution >= 4 is 11.9 Å². The number of nitrogens with zero attached hydrogens (tertiary/aromatic N) is 1. The van der Waals surface area contributed by atoms with Gasteiger partial charge in [-0.2, -0.15) is 0 Å².